The van der Waals surface area contributed by atoms with Crippen molar-refractivity contribution < 1.29 is 14.3 Å². The van der Waals surface area contributed by atoms with E-state index >= 15 is 0 Å². The maximum Gasteiger partial charge on any atom is 0.306 e. The molecule has 2 aromatic rings. The van der Waals surface area contributed by atoms with Gasteiger partial charge in [0.15, 0.2) is 0 Å². The highest BCUT2D eigenvalue weighted by molar-refractivity contribution is 7.15. The molecule has 0 fully saturated rings. The molecule has 6 nitrogen and oxygen atoms in total. The molecule has 0 spiro atoms. The average molecular weight is 374 g/mol. The predicted octanol–water partition coefficient (Wildman–Crippen LogP) is 3.62. The Morgan fingerprint density at radius 1 is 1.22 bits per heavy atom. The van der Waals surface area contributed by atoms with Crippen LogP contribution in [0.15, 0.2) is 18.2 Å². The summed E-state index contributed by atoms with van der Waals surface area (Å²) in [6.07, 6.45) is -0.0101. The summed E-state index contributed by atoms with van der Waals surface area (Å²) in [5.74, 6) is -0.785. The molecule has 0 aliphatic rings. The molecule has 0 radical (unpaired) electrons. The number of benzene rings is 1. The lowest BCUT2D eigenvalue weighted by atomic mass is 10.2. The molecule has 0 unspecified atom stereocenters. The Labute approximate surface area is 146 Å². The zero-order chi connectivity index (χ0) is 16.8. The lowest BCUT2D eigenvalue weighted by Gasteiger charge is -2.06. The van der Waals surface area contributed by atoms with Crippen LogP contribution in [0.3, 0.4) is 0 Å². The molecular formula is C14H13Cl2N3O3S. The SMILES string of the molecule is Cc1nnc(NC(=O)CCC(=O)OCc2ccc(Cl)c(Cl)c2)s1. The normalized spacial score (nSPS) is 10.4. The third-order valence-electron chi connectivity index (χ3n) is 2.71. The van der Waals surface area contributed by atoms with Crippen LogP contribution in [-0.4, -0.2) is 22.1 Å². The molecule has 0 atom stereocenters. The van der Waals surface area contributed by atoms with Gasteiger partial charge in [-0.1, -0.05) is 40.6 Å². The Hall–Kier alpha value is -1.70. The minimum atomic E-state index is -0.473. The molecule has 0 aliphatic carbocycles. The molecule has 1 heterocycles. The number of ether oxygens (including phenoxy) is 1. The van der Waals surface area contributed by atoms with E-state index in [4.69, 9.17) is 27.9 Å². The Kier molecular flexibility index (Phi) is 6.32. The Morgan fingerprint density at radius 2 is 2.00 bits per heavy atom. The van der Waals surface area contributed by atoms with Gasteiger partial charge in [-0.15, -0.1) is 10.2 Å². The first-order valence-electron chi connectivity index (χ1n) is 6.63. The molecule has 9 heteroatoms. The van der Waals surface area contributed by atoms with E-state index < -0.39 is 5.97 Å². The fourth-order valence-corrected chi connectivity index (χ4v) is 2.54. The highest BCUT2D eigenvalue weighted by Crippen LogP contribution is 2.23. The summed E-state index contributed by atoms with van der Waals surface area (Å²) in [4.78, 5) is 23.3. The highest BCUT2D eigenvalue weighted by Gasteiger charge is 2.11. The summed E-state index contributed by atoms with van der Waals surface area (Å²) in [7, 11) is 0. The minimum absolute atomic E-state index is 0.0127. The molecule has 0 aliphatic heterocycles. The number of halogens is 2. The topological polar surface area (TPSA) is 81.2 Å². The fourth-order valence-electron chi connectivity index (χ4n) is 1.61. The van der Waals surface area contributed by atoms with E-state index in [0.717, 1.165) is 10.6 Å². The summed E-state index contributed by atoms with van der Waals surface area (Å²) in [6, 6.07) is 4.97. The number of carbonyl (C=O) groups excluding carboxylic acids is 2. The van der Waals surface area contributed by atoms with Crippen LogP contribution in [0.1, 0.15) is 23.4 Å². The number of esters is 1. The zero-order valence-electron chi connectivity index (χ0n) is 12.1. The van der Waals surface area contributed by atoms with E-state index in [9.17, 15) is 9.59 Å². The first-order chi connectivity index (χ1) is 10.9. The Bertz CT molecular complexity index is 721. The van der Waals surface area contributed by atoms with Crippen LogP contribution in [0.2, 0.25) is 10.0 Å². The molecule has 23 heavy (non-hydrogen) atoms. The van der Waals surface area contributed by atoms with E-state index in [1.54, 1.807) is 25.1 Å². The predicted molar refractivity (Wildman–Crippen MR) is 88.8 cm³/mol. The maximum atomic E-state index is 11.7. The Balaban J connectivity index is 1.72. The van der Waals surface area contributed by atoms with Crippen LogP contribution in [-0.2, 0) is 20.9 Å². The van der Waals surface area contributed by atoms with Crippen LogP contribution in [0.4, 0.5) is 5.13 Å². The van der Waals surface area contributed by atoms with E-state index in [-0.39, 0.29) is 25.4 Å². The smallest absolute Gasteiger partial charge is 0.306 e. The number of aryl methyl sites for hydroxylation is 1. The summed E-state index contributed by atoms with van der Waals surface area (Å²) in [5.41, 5.74) is 0.724. The first-order valence-corrected chi connectivity index (χ1v) is 8.21. The summed E-state index contributed by atoms with van der Waals surface area (Å²) in [6.45, 7) is 1.86. The molecule has 1 N–H and O–H groups in total. The number of rotatable bonds is 6. The second-order valence-electron chi connectivity index (χ2n) is 4.58. The third kappa shape index (κ3) is 5.78. The summed E-state index contributed by atoms with van der Waals surface area (Å²) < 4.78 is 5.08. The first kappa shape index (κ1) is 17.7. The lowest BCUT2D eigenvalue weighted by molar-refractivity contribution is -0.145. The quantitative estimate of drug-likeness (QED) is 0.782. The average Bonchev–Trinajstić information content (AvgIpc) is 2.91. The summed E-state index contributed by atoms with van der Waals surface area (Å²) >= 11 is 12.9. The number of hydrogen-bond donors (Lipinski definition) is 1. The second-order valence-corrected chi connectivity index (χ2v) is 6.58. The molecule has 122 valence electrons. The van der Waals surface area contributed by atoms with Crippen molar-refractivity contribution in [2.75, 3.05) is 5.32 Å². The molecule has 1 aromatic heterocycles. The number of carbonyl (C=O) groups is 2. The van der Waals surface area contributed by atoms with Crippen molar-refractivity contribution in [2.24, 2.45) is 0 Å². The van der Waals surface area contributed by atoms with Gasteiger partial charge < -0.3 is 10.1 Å². The number of amides is 1. The van der Waals surface area contributed by atoms with Gasteiger partial charge in [-0.05, 0) is 24.6 Å². The van der Waals surface area contributed by atoms with E-state index in [1.807, 2.05) is 0 Å². The van der Waals surface area contributed by atoms with Gasteiger partial charge in [0.2, 0.25) is 11.0 Å². The van der Waals surface area contributed by atoms with Crippen molar-refractivity contribution in [3.05, 3.63) is 38.8 Å². The van der Waals surface area contributed by atoms with E-state index in [0.29, 0.717) is 15.2 Å². The number of hydrogen-bond acceptors (Lipinski definition) is 6. The number of aromatic nitrogens is 2. The largest absolute Gasteiger partial charge is 0.461 e. The third-order valence-corrected chi connectivity index (χ3v) is 4.21. The molecular weight excluding hydrogens is 361 g/mol. The van der Waals surface area contributed by atoms with Crippen molar-refractivity contribution in [3.63, 3.8) is 0 Å². The number of nitrogens with zero attached hydrogens (tertiary/aromatic N) is 2. The van der Waals surface area contributed by atoms with Gasteiger partial charge in [0, 0.05) is 6.42 Å². The van der Waals surface area contributed by atoms with Gasteiger partial charge in [0.1, 0.15) is 11.6 Å². The molecule has 2 rings (SSSR count). The van der Waals surface area contributed by atoms with E-state index in [1.165, 1.54) is 11.3 Å². The molecule has 0 bridgehead atoms. The van der Waals surface area contributed by atoms with Gasteiger partial charge in [-0.2, -0.15) is 0 Å². The lowest BCUT2D eigenvalue weighted by Crippen LogP contribution is -2.14. The molecule has 0 saturated carbocycles. The van der Waals surface area contributed by atoms with Crippen LogP contribution < -0.4 is 5.32 Å². The highest BCUT2D eigenvalue weighted by atomic mass is 35.5. The molecule has 0 saturated heterocycles. The molecule has 1 aromatic carbocycles. The van der Waals surface area contributed by atoms with Gasteiger partial charge in [0.25, 0.3) is 0 Å². The van der Waals surface area contributed by atoms with Crippen LogP contribution in [0.25, 0.3) is 0 Å². The monoisotopic (exact) mass is 373 g/mol. The van der Waals surface area contributed by atoms with Crippen LogP contribution in [0.5, 0.6) is 0 Å². The van der Waals surface area contributed by atoms with Crippen molar-refractivity contribution in [3.8, 4) is 0 Å². The van der Waals surface area contributed by atoms with Crippen molar-refractivity contribution in [1.82, 2.24) is 10.2 Å². The van der Waals surface area contributed by atoms with E-state index in [2.05, 4.69) is 15.5 Å². The second kappa shape index (κ2) is 8.24. The number of anilines is 1. The van der Waals surface area contributed by atoms with Gasteiger partial charge in [-0.25, -0.2) is 0 Å². The van der Waals surface area contributed by atoms with Gasteiger partial charge in [-0.3, -0.25) is 9.59 Å². The molecule has 1 amide bonds. The van der Waals surface area contributed by atoms with Crippen molar-refractivity contribution >= 4 is 51.5 Å². The number of nitrogens with one attached hydrogen (secondary N) is 1. The van der Waals surface area contributed by atoms with Crippen LogP contribution >= 0.6 is 34.5 Å². The Morgan fingerprint density at radius 3 is 2.65 bits per heavy atom. The van der Waals surface area contributed by atoms with Crippen LogP contribution in [0, 0.1) is 6.92 Å². The van der Waals surface area contributed by atoms with Crippen molar-refractivity contribution in [2.45, 2.75) is 26.4 Å². The minimum Gasteiger partial charge on any atom is -0.461 e. The zero-order valence-corrected chi connectivity index (χ0v) is 14.5. The van der Waals surface area contributed by atoms with Gasteiger partial charge in [0.05, 0.1) is 16.5 Å². The maximum absolute atomic E-state index is 11.7. The summed E-state index contributed by atoms with van der Waals surface area (Å²) in [5, 5.41) is 12.1. The fraction of sp³-hybridized carbons (Fsp3) is 0.286. The van der Waals surface area contributed by atoms with Gasteiger partial charge >= 0.3 is 5.97 Å². The van der Waals surface area contributed by atoms with Crippen molar-refractivity contribution in [1.29, 1.82) is 0 Å². The standard InChI is InChI=1S/C14H13Cl2N3O3S/c1-8-18-19-14(23-8)17-12(20)4-5-13(21)22-7-9-2-3-10(15)11(16)6-9/h2-3,6H,4-5,7H2,1H3,(H,17,19,20).